The molecule has 1 aromatic rings. The van der Waals surface area contributed by atoms with E-state index in [9.17, 15) is 18.0 Å². The first kappa shape index (κ1) is 21.2. The van der Waals surface area contributed by atoms with Crippen LogP contribution in [-0.2, 0) is 19.4 Å². The molecular weight excluding hydrogens is 396 g/mol. The Bertz CT molecular complexity index is 914. The van der Waals surface area contributed by atoms with Gasteiger partial charge in [-0.15, -0.1) is 6.58 Å². The fraction of sp³-hybridized carbons (Fsp3) is 0.500. The highest BCUT2D eigenvalue weighted by Crippen LogP contribution is 2.36. The van der Waals surface area contributed by atoms with Crippen molar-refractivity contribution in [1.82, 2.24) is 4.90 Å². The SMILES string of the molecule is C=CCN(C(=O)C1CC(=O)N(c2cc(OC)ccc2OC)C1)C1CCS(=O)(=O)C1. The van der Waals surface area contributed by atoms with Crippen molar-refractivity contribution in [1.29, 1.82) is 0 Å². The largest absolute Gasteiger partial charge is 0.497 e. The van der Waals surface area contributed by atoms with Crippen molar-refractivity contribution in [3.8, 4) is 11.5 Å². The number of sulfone groups is 1. The number of carbonyl (C=O) groups excluding carboxylic acids is 2. The number of methoxy groups -OCH3 is 2. The molecular formula is C20H26N2O6S. The minimum Gasteiger partial charge on any atom is -0.497 e. The molecule has 2 atom stereocenters. The van der Waals surface area contributed by atoms with Gasteiger partial charge in [-0.1, -0.05) is 6.08 Å². The lowest BCUT2D eigenvalue weighted by atomic mass is 10.1. The second-order valence-corrected chi connectivity index (χ2v) is 9.51. The fourth-order valence-electron chi connectivity index (χ4n) is 3.93. The molecule has 29 heavy (non-hydrogen) atoms. The first-order valence-corrected chi connectivity index (χ1v) is 11.3. The van der Waals surface area contributed by atoms with Crippen molar-refractivity contribution >= 4 is 27.3 Å². The van der Waals surface area contributed by atoms with Crippen molar-refractivity contribution < 1.29 is 27.5 Å². The predicted molar refractivity (Wildman–Crippen MR) is 109 cm³/mol. The van der Waals surface area contributed by atoms with Gasteiger partial charge in [0.25, 0.3) is 0 Å². The molecule has 0 spiro atoms. The van der Waals surface area contributed by atoms with Crippen LogP contribution in [0.4, 0.5) is 5.69 Å². The number of nitrogens with zero attached hydrogens (tertiary/aromatic N) is 2. The summed E-state index contributed by atoms with van der Waals surface area (Å²) in [6, 6.07) is 4.78. The van der Waals surface area contributed by atoms with Crippen LogP contribution in [0.25, 0.3) is 0 Å². The number of amides is 2. The van der Waals surface area contributed by atoms with Crippen LogP contribution in [0.3, 0.4) is 0 Å². The van der Waals surface area contributed by atoms with Gasteiger partial charge in [0, 0.05) is 31.6 Å². The highest BCUT2D eigenvalue weighted by Gasteiger charge is 2.41. The molecule has 2 saturated heterocycles. The van der Waals surface area contributed by atoms with Gasteiger partial charge in [-0.2, -0.15) is 0 Å². The number of hydrogen-bond donors (Lipinski definition) is 0. The van der Waals surface area contributed by atoms with Crippen molar-refractivity contribution in [3.63, 3.8) is 0 Å². The van der Waals surface area contributed by atoms with E-state index in [0.717, 1.165) is 0 Å². The second kappa shape index (κ2) is 8.44. The summed E-state index contributed by atoms with van der Waals surface area (Å²) < 4.78 is 34.3. The van der Waals surface area contributed by atoms with E-state index in [4.69, 9.17) is 9.47 Å². The minimum absolute atomic E-state index is 0.0410. The number of carbonyl (C=O) groups is 2. The summed E-state index contributed by atoms with van der Waals surface area (Å²) >= 11 is 0. The van der Waals surface area contributed by atoms with Crippen molar-refractivity contribution in [3.05, 3.63) is 30.9 Å². The molecule has 2 unspecified atom stereocenters. The molecule has 3 rings (SSSR count). The number of hydrogen-bond acceptors (Lipinski definition) is 6. The zero-order valence-corrected chi connectivity index (χ0v) is 17.5. The van der Waals surface area contributed by atoms with Crippen molar-refractivity contribution in [2.45, 2.75) is 18.9 Å². The van der Waals surface area contributed by atoms with Gasteiger partial charge in [0.15, 0.2) is 9.84 Å². The average molecular weight is 423 g/mol. The van der Waals surface area contributed by atoms with Crippen LogP contribution in [0.15, 0.2) is 30.9 Å². The van der Waals surface area contributed by atoms with Gasteiger partial charge in [0.1, 0.15) is 11.5 Å². The van der Waals surface area contributed by atoms with E-state index in [-0.39, 0.29) is 48.9 Å². The van der Waals surface area contributed by atoms with E-state index in [1.54, 1.807) is 29.2 Å². The van der Waals surface area contributed by atoms with Crippen LogP contribution in [0, 0.1) is 5.92 Å². The highest BCUT2D eigenvalue weighted by atomic mass is 32.2. The van der Waals surface area contributed by atoms with Gasteiger partial charge in [-0.25, -0.2) is 8.42 Å². The Labute approximate surface area is 171 Å². The Balaban J connectivity index is 1.81. The third-order valence-corrected chi connectivity index (χ3v) is 7.16. The number of rotatable bonds is 7. The van der Waals surface area contributed by atoms with E-state index in [2.05, 4.69) is 6.58 Å². The zero-order chi connectivity index (χ0) is 21.2. The summed E-state index contributed by atoms with van der Waals surface area (Å²) in [6.07, 6.45) is 2.06. The van der Waals surface area contributed by atoms with Crippen LogP contribution >= 0.6 is 0 Å². The number of benzene rings is 1. The van der Waals surface area contributed by atoms with Gasteiger partial charge in [-0.05, 0) is 18.6 Å². The van der Waals surface area contributed by atoms with Crippen LogP contribution in [-0.4, -0.2) is 70.0 Å². The van der Waals surface area contributed by atoms with E-state index >= 15 is 0 Å². The number of anilines is 1. The Morgan fingerprint density at radius 2 is 2.10 bits per heavy atom. The lowest BCUT2D eigenvalue weighted by Gasteiger charge is -2.29. The second-order valence-electron chi connectivity index (χ2n) is 7.28. The maximum absolute atomic E-state index is 13.2. The molecule has 0 aromatic heterocycles. The van der Waals surface area contributed by atoms with Gasteiger partial charge < -0.3 is 19.3 Å². The normalized spacial score (nSPS) is 23.1. The maximum atomic E-state index is 13.2. The molecule has 8 nitrogen and oxygen atoms in total. The summed E-state index contributed by atoms with van der Waals surface area (Å²) in [6.45, 7) is 4.14. The lowest BCUT2D eigenvalue weighted by Crippen LogP contribution is -2.45. The molecule has 0 bridgehead atoms. The van der Waals surface area contributed by atoms with Crippen molar-refractivity contribution in [2.75, 3.05) is 43.7 Å². The predicted octanol–water partition coefficient (Wildman–Crippen LogP) is 1.26. The van der Waals surface area contributed by atoms with E-state index in [0.29, 0.717) is 23.6 Å². The molecule has 9 heteroatoms. The minimum atomic E-state index is -3.13. The third-order valence-electron chi connectivity index (χ3n) is 5.41. The summed E-state index contributed by atoms with van der Waals surface area (Å²) in [4.78, 5) is 29.0. The molecule has 0 saturated carbocycles. The smallest absolute Gasteiger partial charge is 0.228 e. The molecule has 158 valence electrons. The van der Waals surface area contributed by atoms with Gasteiger partial charge in [0.2, 0.25) is 11.8 Å². The molecule has 2 aliphatic rings. The van der Waals surface area contributed by atoms with E-state index in [1.165, 1.54) is 19.1 Å². The van der Waals surface area contributed by atoms with Crippen molar-refractivity contribution in [2.24, 2.45) is 5.92 Å². The Hall–Kier alpha value is -2.55. The molecule has 0 radical (unpaired) electrons. The third kappa shape index (κ3) is 4.39. The zero-order valence-electron chi connectivity index (χ0n) is 16.7. The Morgan fingerprint density at radius 3 is 2.69 bits per heavy atom. The maximum Gasteiger partial charge on any atom is 0.228 e. The summed E-state index contributed by atoms with van der Waals surface area (Å²) in [5.74, 6) is 0.166. The average Bonchev–Trinajstić information content (AvgIpc) is 3.26. The molecule has 1 aromatic carbocycles. The first-order valence-electron chi connectivity index (χ1n) is 9.43. The molecule has 2 amide bonds. The Kier molecular flexibility index (Phi) is 6.16. The molecule has 0 N–H and O–H groups in total. The van der Waals surface area contributed by atoms with Crippen LogP contribution in [0.5, 0.6) is 11.5 Å². The fourth-order valence-corrected chi connectivity index (χ4v) is 5.66. The molecule has 2 aliphatic heterocycles. The Morgan fingerprint density at radius 1 is 1.34 bits per heavy atom. The summed E-state index contributed by atoms with van der Waals surface area (Å²) in [5, 5.41) is 0. The van der Waals surface area contributed by atoms with Crippen LogP contribution < -0.4 is 14.4 Å². The van der Waals surface area contributed by atoms with Gasteiger partial charge in [0.05, 0.1) is 37.3 Å². The standard InChI is InChI=1S/C20H26N2O6S/c1-4-8-21(15-7-9-29(25,26)13-15)20(24)14-10-19(23)22(12-14)17-11-16(27-2)5-6-18(17)28-3/h4-6,11,14-15H,1,7-10,12-13H2,2-3H3. The van der Waals surface area contributed by atoms with E-state index in [1.807, 2.05) is 0 Å². The van der Waals surface area contributed by atoms with E-state index < -0.39 is 15.8 Å². The highest BCUT2D eigenvalue weighted by molar-refractivity contribution is 7.91. The molecule has 2 heterocycles. The van der Waals surface area contributed by atoms with Crippen LogP contribution in [0.2, 0.25) is 0 Å². The van der Waals surface area contributed by atoms with Gasteiger partial charge >= 0.3 is 0 Å². The van der Waals surface area contributed by atoms with Crippen LogP contribution in [0.1, 0.15) is 12.8 Å². The topological polar surface area (TPSA) is 93.2 Å². The molecule has 0 aliphatic carbocycles. The summed E-state index contributed by atoms with van der Waals surface area (Å²) in [7, 11) is -0.0840. The monoisotopic (exact) mass is 422 g/mol. The lowest BCUT2D eigenvalue weighted by molar-refractivity contribution is -0.137. The number of ether oxygens (including phenoxy) is 2. The molecule has 2 fully saturated rings. The quantitative estimate of drug-likeness (QED) is 0.614. The summed E-state index contributed by atoms with van der Waals surface area (Å²) in [5.41, 5.74) is 0.547. The van der Waals surface area contributed by atoms with Gasteiger partial charge in [-0.3, -0.25) is 9.59 Å². The first-order chi connectivity index (χ1) is 13.8.